The minimum absolute atomic E-state index is 0.0103. The molecular weight excluding hydrogens is 266 g/mol. The van der Waals surface area contributed by atoms with Gasteiger partial charge >= 0.3 is 11.8 Å². The molecule has 0 aliphatic carbocycles. The maximum absolute atomic E-state index is 11.3. The molecule has 1 atom stereocenters. The normalized spacial score (nSPS) is 16.4. The Bertz CT molecular complexity index is 588. The van der Waals surface area contributed by atoms with Gasteiger partial charge in [0.25, 0.3) is 0 Å². The van der Waals surface area contributed by atoms with Crippen LogP contribution in [0.2, 0.25) is 0 Å². The molecule has 1 aromatic heterocycles. The van der Waals surface area contributed by atoms with Crippen molar-refractivity contribution in [2.75, 3.05) is 0 Å². The summed E-state index contributed by atoms with van der Waals surface area (Å²) in [4.78, 5) is 27.0. The topological polar surface area (TPSA) is 71.1 Å². The second-order valence-electron chi connectivity index (χ2n) is 4.95. The number of carbonyl (C=O) groups is 2. The number of hydrogen-bond acceptors (Lipinski definition) is 3. The second-order valence-corrected chi connectivity index (χ2v) is 4.95. The van der Waals surface area contributed by atoms with E-state index in [2.05, 4.69) is 15.6 Å². The first-order valence-corrected chi connectivity index (χ1v) is 6.81. The minimum atomic E-state index is -0.576. The number of amides is 2. The van der Waals surface area contributed by atoms with Gasteiger partial charge in [-0.2, -0.15) is 0 Å². The quantitative estimate of drug-likeness (QED) is 0.827. The average molecular weight is 281 g/mol. The highest BCUT2D eigenvalue weighted by Gasteiger charge is 2.31. The van der Waals surface area contributed by atoms with Gasteiger partial charge in [0.2, 0.25) is 0 Å². The Hall–Kier alpha value is -2.69. The summed E-state index contributed by atoms with van der Waals surface area (Å²) in [5, 5.41) is 5.29. The Kier molecular flexibility index (Phi) is 3.64. The SMILES string of the molecule is O=C1NC(CC(c2ccccc2)c2ccccn2)NC1=O. The van der Waals surface area contributed by atoms with E-state index in [9.17, 15) is 9.59 Å². The van der Waals surface area contributed by atoms with E-state index in [1.54, 1.807) is 6.20 Å². The van der Waals surface area contributed by atoms with Gasteiger partial charge in [0.1, 0.15) is 6.17 Å². The fourth-order valence-electron chi connectivity index (χ4n) is 2.53. The molecule has 5 heteroatoms. The smallest absolute Gasteiger partial charge is 0.310 e. The molecule has 0 saturated carbocycles. The molecule has 1 fully saturated rings. The molecule has 106 valence electrons. The van der Waals surface area contributed by atoms with Crippen LogP contribution in [0.15, 0.2) is 54.7 Å². The predicted molar refractivity (Wildman–Crippen MR) is 77.2 cm³/mol. The standard InChI is InChI=1S/C16H15N3O2/c20-15-16(21)19-14(18-15)10-12(11-6-2-1-3-7-11)13-8-4-5-9-17-13/h1-9,12,14H,10H2,(H,18,20)(H,19,21). The van der Waals surface area contributed by atoms with Crippen molar-refractivity contribution in [1.82, 2.24) is 15.6 Å². The van der Waals surface area contributed by atoms with Crippen LogP contribution in [0.3, 0.4) is 0 Å². The van der Waals surface area contributed by atoms with Gasteiger partial charge in [0.05, 0.1) is 0 Å². The first kappa shape index (κ1) is 13.3. The van der Waals surface area contributed by atoms with Crippen LogP contribution in [-0.4, -0.2) is 23.0 Å². The van der Waals surface area contributed by atoms with Crippen molar-refractivity contribution in [1.29, 1.82) is 0 Å². The summed E-state index contributed by atoms with van der Waals surface area (Å²) in [5.41, 5.74) is 2.02. The zero-order chi connectivity index (χ0) is 14.7. The zero-order valence-electron chi connectivity index (χ0n) is 11.3. The fraction of sp³-hybridized carbons (Fsp3) is 0.188. The molecule has 1 saturated heterocycles. The summed E-state index contributed by atoms with van der Waals surface area (Å²) in [6.07, 6.45) is 1.95. The zero-order valence-corrected chi connectivity index (χ0v) is 11.3. The lowest BCUT2D eigenvalue weighted by Gasteiger charge is -2.20. The number of pyridine rings is 1. The first-order valence-electron chi connectivity index (χ1n) is 6.81. The molecule has 1 unspecified atom stereocenters. The van der Waals surface area contributed by atoms with E-state index in [1.807, 2.05) is 48.5 Å². The van der Waals surface area contributed by atoms with E-state index in [0.717, 1.165) is 11.3 Å². The van der Waals surface area contributed by atoms with Crippen LogP contribution >= 0.6 is 0 Å². The molecule has 0 bridgehead atoms. The van der Waals surface area contributed by atoms with Crippen LogP contribution in [0, 0.1) is 0 Å². The summed E-state index contributed by atoms with van der Waals surface area (Å²) in [6, 6.07) is 15.7. The van der Waals surface area contributed by atoms with Crippen molar-refractivity contribution >= 4 is 11.8 Å². The molecule has 1 aliphatic rings. The van der Waals surface area contributed by atoms with Crippen molar-refractivity contribution in [2.45, 2.75) is 18.5 Å². The number of carbonyl (C=O) groups excluding carboxylic acids is 2. The molecule has 0 radical (unpaired) electrons. The minimum Gasteiger partial charge on any atom is -0.328 e. The summed E-state index contributed by atoms with van der Waals surface area (Å²) in [7, 11) is 0. The summed E-state index contributed by atoms with van der Waals surface area (Å²) in [5.74, 6) is -1.14. The Balaban J connectivity index is 1.87. The highest BCUT2D eigenvalue weighted by Crippen LogP contribution is 2.27. The molecule has 2 heterocycles. The molecule has 5 nitrogen and oxygen atoms in total. The molecule has 0 spiro atoms. The molecule has 2 amide bonds. The lowest BCUT2D eigenvalue weighted by molar-refractivity contribution is -0.135. The Labute approximate surface area is 122 Å². The highest BCUT2D eigenvalue weighted by molar-refractivity contribution is 6.37. The number of aromatic nitrogens is 1. The Morgan fingerprint density at radius 3 is 2.24 bits per heavy atom. The van der Waals surface area contributed by atoms with E-state index in [1.165, 1.54) is 0 Å². The predicted octanol–water partition coefficient (Wildman–Crippen LogP) is 1.18. The number of nitrogens with one attached hydrogen (secondary N) is 2. The lowest BCUT2D eigenvalue weighted by Crippen LogP contribution is -2.34. The first-order chi connectivity index (χ1) is 10.2. The maximum atomic E-state index is 11.3. The van der Waals surface area contributed by atoms with Crippen molar-refractivity contribution in [2.24, 2.45) is 0 Å². The molecule has 2 N–H and O–H groups in total. The Morgan fingerprint density at radius 2 is 1.62 bits per heavy atom. The van der Waals surface area contributed by atoms with Gasteiger partial charge in [-0.1, -0.05) is 36.4 Å². The van der Waals surface area contributed by atoms with Crippen molar-refractivity contribution in [3.8, 4) is 0 Å². The van der Waals surface area contributed by atoms with Crippen molar-refractivity contribution in [3.05, 3.63) is 66.0 Å². The van der Waals surface area contributed by atoms with Crippen LogP contribution in [0.1, 0.15) is 23.6 Å². The third kappa shape index (κ3) is 2.91. The van der Waals surface area contributed by atoms with E-state index < -0.39 is 11.8 Å². The monoisotopic (exact) mass is 281 g/mol. The molecule has 21 heavy (non-hydrogen) atoms. The third-order valence-corrected chi connectivity index (χ3v) is 3.54. The molecule has 2 aromatic rings. The molecule has 1 aromatic carbocycles. The van der Waals surface area contributed by atoms with E-state index >= 15 is 0 Å². The number of benzene rings is 1. The maximum Gasteiger partial charge on any atom is 0.310 e. The second kappa shape index (κ2) is 5.75. The van der Waals surface area contributed by atoms with E-state index in [4.69, 9.17) is 0 Å². The van der Waals surface area contributed by atoms with Gasteiger partial charge in [-0.15, -0.1) is 0 Å². The van der Waals surface area contributed by atoms with Gasteiger partial charge < -0.3 is 10.6 Å². The van der Waals surface area contributed by atoms with Gasteiger partial charge in [-0.25, -0.2) is 0 Å². The number of nitrogens with zero attached hydrogens (tertiary/aromatic N) is 1. The molecule has 1 aliphatic heterocycles. The number of rotatable bonds is 4. The van der Waals surface area contributed by atoms with Crippen LogP contribution in [-0.2, 0) is 9.59 Å². The van der Waals surface area contributed by atoms with Crippen molar-refractivity contribution in [3.63, 3.8) is 0 Å². The van der Waals surface area contributed by atoms with Crippen LogP contribution < -0.4 is 10.6 Å². The summed E-state index contributed by atoms with van der Waals surface area (Å²) < 4.78 is 0. The molecule has 3 rings (SSSR count). The largest absolute Gasteiger partial charge is 0.328 e. The van der Waals surface area contributed by atoms with Crippen LogP contribution in [0.5, 0.6) is 0 Å². The Morgan fingerprint density at radius 1 is 0.952 bits per heavy atom. The molecular formula is C16H15N3O2. The van der Waals surface area contributed by atoms with E-state index in [0.29, 0.717) is 6.42 Å². The fourth-order valence-corrected chi connectivity index (χ4v) is 2.53. The van der Waals surface area contributed by atoms with E-state index in [-0.39, 0.29) is 12.1 Å². The lowest BCUT2D eigenvalue weighted by atomic mass is 9.91. The van der Waals surface area contributed by atoms with Crippen molar-refractivity contribution < 1.29 is 9.59 Å². The van der Waals surface area contributed by atoms with Gasteiger partial charge in [-0.05, 0) is 24.1 Å². The van der Waals surface area contributed by atoms with Gasteiger partial charge in [0.15, 0.2) is 0 Å². The summed E-state index contributed by atoms with van der Waals surface area (Å²) in [6.45, 7) is 0. The summed E-state index contributed by atoms with van der Waals surface area (Å²) >= 11 is 0. The average Bonchev–Trinajstić information content (AvgIpc) is 2.85. The highest BCUT2D eigenvalue weighted by atomic mass is 16.2. The van der Waals surface area contributed by atoms with Gasteiger partial charge in [0, 0.05) is 17.8 Å². The number of hydrogen-bond donors (Lipinski definition) is 2. The third-order valence-electron chi connectivity index (χ3n) is 3.54. The van der Waals surface area contributed by atoms with Gasteiger partial charge in [-0.3, -0.25) is 14.6 Å². The van der Waals surface area contributed by atoms with Crippen LogP contribution in [0.4, 0.5) is 0 Å². The van der Waals surface area contributed by atoms with Crippen LogP contribution in [0.25, 0.3) is 0 Å².